The summed E-state index contributed by atoms with van der Waals surface area (Å²) < 4.78 is 43.7. The van der Waals surface area contributed by atoms with E-state index in [0.717, 1.165) is 0 Å². The third-order valence-electron chi connectivity index (χ3n) is 5.17. The molecule has 2 rings (SSSR count). The molecule has 1 aliphatic carbocycles. The van der Waals surface area contributed by atoms with Crippen molar-refractivity contribution in [1.29, 1.82) is 0 Å². The van der Waals surface area contributed by atoms with Crippen LogP contribution in [0.2, 0.25) is 0 Å². The molecular weight excluding hydrogens is 458 g/mol. The van der Waals surface area contributed by atoms with E-state index in [1.165, 1.54) is 27.7 Å². The number of nitrogens with two attached hydrogens (primary N) is 1. The molecule has 0 aromatic heterocycles. The lowest BCUT2D eigenvalue weighted by Gasteiger charge is -2.51. The minimum absolute atomic E-state index is 0.105. The highest BCUT2D eigenvalue weighted by atomic mass is 16.8. The highest BCUT2D eigenvalue weighted by molar-refractivity contribution is 5.69. The molecule has 1 aliphatic heterocycles. The first kappa shape index (κ1) is 27.9. The minimum Gasteiger partial charge on any atom is -0.465 e. The molecule has 2 N–H and O–H groups in total. The average molecular weight is 491 g/mol. The van der Waals surface area contributed by atoms with Gasteiger partial charge in [-0.3, -0.25) is 19.2 Å². The normalized spacial score (nSPS) is 29.5. The molecule has 0 aromatic carbocycles. The maximum atomic E-state index is 11.9. The molecule has 0 radical (unpaired) electrons. The van der Waals surface area contributed by atoms with E-state index < -0.39 is 60.0 Å². The molecule has 0 spiro atoms. The number of esters is 4. The second-order valence-electron chi connectivity index (χ2n) is 7.77. The lowest BCUT2D eigenvalue weighted by molar-refractivity contribution is -0.437. The molecule has 194 valence electrons. The smallest absolute Gasteiger partial charge is 0.305 e. The zero-order valence-corrected chi connectivity index (χ0v) is 19.8. The Morgan fingerprint density at radius 3 is 1.94 bits per heavy atom. The zero-order valence-electron chi connectivity index (χ0n) is 19.8. The van der Waals surface area contributed by atoms with Crippen LogP contribution in [0.15, 0.2) is 0 Å². The van der Waals surface area contributed by atoms with Gasteiger partial charge in [-0.25, -0.2) is 0 Å². The van der Waals surface area contributed by atoms with Crippen molar-refractivity contribution < 1.29 is 57.1 Å². The summed E-state index contributed by atoms with van der Waals surface area (Å²) in [5.41, 5.74) is 5.34. The quantitative estimate of drug-likeness (QED) is 0.184. The molecule has 13 heteroatoms. The molecule has 34 heavy (non-hydrogen) atoms. The Morgan fingerprint density at radius 2 is 1.38 bits per heavy atom. The van der Waals surface area contributed by atoms with E-state index in [1.54, 1.807) is 0 Å². The topological polar surface area (TPSA) is 168 Å². The van der Waals surface area contributed by atoms with Crippen molar-refractivity contribution in [2.45, 2.75) is 52.0 Å². The summed E-state index contributed by atoms with van der Waals surface area (Å²) in [6, 6.07) is 0. The minimum atomic E-state index is -1.69. The number of carbonyl (C=O) groups is 4. The highest BCUT2D eigenvalue weighted by Crippen LogP contribution is 2.57. The second kappa shape index (κ2) is 13.0. The summed E-state index contributed by atoms with van der Waals surface area (Å²) in [5.74, 6) is -6.12. The van der Waals surface area contributed by atoms with Gasteiger partial charge in [-0.2, -0.15) is 0 Å². The molecule has 0 aromatic rings. The fraction of sp³-hybridized carbons (Fsp3) is 0.810. The summed E-state index contributed by atoms with van der Waals surface area (Å²) in [4.78, 5) is 47.0. The van der Waals surface area contributed by atoms with Crippen LogP contribution in [0.25, 0.3) is 0 Å². The zero-order chi connectivity index (χ0) is 25.3. The maximum absolute atomic E-state index is 11.9. The Labute approximate surface area is 197 Å². The van der Waals surface area contributed by atoms with Gasteiger partial charge in [0.2, 0.25) is 5.79 Å². The average Bonchev–Trinajstić information content (AvgIpc) is 2.88. The predicted molar refractivity (Wildman–Crippen MR) is 111 cm³/mol. The van der Waals surface area contributed by atoms with E-state index in [1.807, 2.05) is 0 Å². The lowest BCUT2D eigenvalue weighted by atomic mass is 9.88. The molecule has 2 fully saturated rings. The van der Waals surface area contributed by atoms with Gasteiger partial charge >= 0.3 is 23.9 Å². The van der Waals surface area contributed by atoms with Gasteiger partial charge < -0.3 is 43.6 Å². The van der Waals surface area contributed by atoms with E-state index in [0.29, 0.717) is 26.4 Å². The summed E-state index contributed by atoms with van der Waals surface area (Å²) >= 11 is 0. The number of hydrogen-bond donors (Lipinski definition) is 1. The first-order valence-electron chi connectivity index (χ1n) is 10.9. The molecule has 1 saturated heterocycles. The van der Waals surface area contributed by atoms with Crippen LogP contribution in [0.3, 0.4) is 0 Å². The van der Waals surface area contributed by atoms with Crippen molar-refractivity contribution >= 4 is 23.9 Å². The summed E-state index contributed by atoms with van der Waals surface area (Å²) in [6.45, 7) is 6.31. The number of fused-ring (bicyclic) bond motifs is 1. The Hall–Kier alpha value is -2.32. The van der Waals surface area contributed by atoms with Gasteiger partial charge in [0.15, 0.2) is 18.5 Å². The molecular formula is C21H33NO12. The van der Waals surface area contributed by atoms with Gasteiger partial charge in [0.1, 0.15) is 18.4 Å². The first-order chi connectivity index (χ1) is 16.1. The van der Waals surface area contributed by atoms with Crippen LogP contribution in [0, 0.1) is 11.8 Å². The van der Waals surface area contributed by atoms with Crippen molar-refractivity contribution in [2.75, 3.05) is 46.2 Å². The van der Waals surface area contributed by atoms with Crippen molar-refractivity contribution in [3.63, 3.8) is 0 Å². The predicted octanol–water partition coefficient (Wildman–Crippen LogP) is -0.717. The van der Waals surface area contributed by atoms with Crippen molar-refractivity contribution in [3.8, 4) is 0 Å². The Kier molecular flexibility index (Phi) is 10.6. The molecule has 6 atom stereocenters. The summed E-state index contributed by atoms with van der Waals surface area (Å²) in [6.07, 6.45) is -3.17. The van der Waals surface area contributed by atoms with E-state index in [-0.39, 0.29) is 19.8 Å². The van der Waals surface area contributed by atoms with Crippen molar-refractivity contribution in [3.05, 3.63) is 0 Å². The highest BCUT2D eigenvalue weighted by Gasteiger charge is 2.77. The fourth-order valence-electron chi connectivity index (χ4n) is 4.08. The van der Waals surface area contributed by atoms with Crippen LogP contribution in [0.1, 0.15) is 27.7 Å². The van der Waals surface area contributed by atoms with Crippen LogP contribution in [-0.2, 0) is 57.1 Å². The summed E-state index contributed by atoms with van der Waals surface area (Å²) in [5, 5.41) is 0. The van der Waals surface area contributed by atoms with E-state index in [4.69, 9.17) is 43.6 Å². The van der Waals surface area contributed by atoms with E-state index in [9.17, 15) is 19.2 Å². The standard InChI is InChI=1S/C21H33NO12/c1-12(23)30-11-16-18(31-13(2)24)19(32-14(3)25)17-20(34-21(16,17)33-15(4)26)29-10-9-28-8-7-27-6-5-22/h16-20H,5-11,22H2,1-4H3. The third-order valence-corrected chi connectivity index (χ3v) is 5.17. The SMILES string of the molecule is CC(=O)OCC1C(OC(C)=O)C(OC(C)=O)C2C(OCCOCCOCCN)OC12OC(C)=O. The van der Waals surface area contributed by atoms with Crippen LogP contribution >= 0.6 is 0 Å². The van der Waals surface area contributed by atoms with Crippen LogP contribution in [0.5, 0.6) is 0 Å². The largest absolute Gasteiger partial charge is 0.465 e. The van der Waals surface area contributed by atoms with Crippen LogP contribution in [-0.4, -0.2) is 94.3 Å². The Morgan fingerprint density at radius 1 is 0.794 bits per heavy atom. The van der Waals surface area contributed by atoms with Gasteiger partial charge in [0.25, 0.3) is 0 Å². The molecule has 0 bridgehead atoms. The van der Waals surface area contributed by atoms with Crippen LogP contribution < -0.4 is 5.73 Å². The molecule has 2 aliphatic rings. The fourth-order valence-corrected chi connectivity index (χ4v) is 4.08. The monoisotopic (exact) mass is 491 g/mol. The third kappa shape index (κ3) is 7.09. The molecule has 1 heterocycles. The van der Waals surface area contributed by atoms with Gasteiger partial charge in [-0.05, 0) is 0 Å². The van der Waals surface area contributed by atoms with Gasteiger partial charge in [0.05, 0.1) is 33.0 Å². The molecule has 13 nitrogen and oxygen atoms in total. The second-order valence-corrected chi connectivity index (χ2v) is 7.77. The number of carbonyl (C=O) groups excluding carboxylic acids is 4. The van der Waals surface area contributed by atoms with Crippen molar-refractivity contribution in [2.24, 2.45) is 17.6 Å². The molecule has 6 unspecified atom stereocenters. The Balaban J connectivity index is 2.16. The number of ether oxygens (including phenoxy) is 8. The number of hydrogen-bond acceptors (Lipinski definition) is 13. The van der Waals surface area contributed by atoms with Crippen molar-refractivity contribution in [1.82, 2.24) is 0 Å². The maximum Gasteiger partial charge on any atom is 0.305 e. The van der Waals surface area contributed by atoms with Crippen LogP contribution in [0.4, 0.5) is 0 Å². The van der Waals surface area contributed by atoms with E-state index in [2.05, 4.69) is 0 Å². The van der Waals surface area contributed by atoms with E-state index >= 15 is 0 Å². The van der Waals surface area contributed by atoms with Gasteiger partial charge in [-0.1, -0.05) is 0 Å². The lowest BCUT2D eigenvalue weighted by Crippen LogP contribution is -2.66. The first-order valence-corrected chi connectivity index (χ1v) is 10.9. The molecule has 1 saturated carbocycles. The number of rotatable bonds is 14. The van der Waals surface area contributed by atoms with Gasteiger partial charge in [0, 0.05) is 34.2 Å². The van der Waals surface area contributed by atoms with Gasteiger partial charge in [-0.15, -0.1) is 0 Å². The molecule has 0 amide bonds. The Bertz CT molecular complexity index is 731. The summed E-state index contributed by atoms with van der Waals surface area (Å²) in [7, 11) is 0.